The van der Waals surface area contributed by atoms with Crippen molar-refractivity contribution in [2.75, 3.05) is 26.3 Å². The van der Waals surface area contributed by atoms with E-state index in [1.807, 2.05) is 23.9 Å². The van der Waals surface area contributed by atoms with Gasteiger partial charge in [-0.15, -0.1) is 0 Å². The SMILES string of the molecule is CCOCCCCNCCn1ccn(C2CC2)c1=O. The number of aromatic nitrogens is 2. The highest BCUT2D eigenvalue weighted by molar-refractivity contribution is 4.91. The zero-order valence-corrected chi connectivity index (χ0v) is 11.8. The van der Waals surface area contributed by atoms with Gasteiger partial charge < -0.3 is 10.1 Å². The Hall–Kier alpha value is -1.07. The third-order valence-electron chi connectivity index (χ3n) is 3.44. The largest absolute Gasteiger partial charge is 0.382 e. The first kappa shape index (κ1) is 14.3. The summed E-state index contributed by atoms with van der Waals surface area (Å²) in [4.78, 5) is 12.0. The maximum absolute atomic E-state index is 12.0. The van der Waals surface area contributed by atoms with Gasteiger partial charge >= 0.3 is 5.69 Å². The van der Waals surface area contributed by atoms with E-state index in [9.17, 15) is 4.79 Å². The molecule has 0 atom stereocenters. The van der Waals surface area contributed by atoms with E-state index in [0.29, 0.717) is 6.04 Å². The predicted octanol–water partition coefficient (Wildman–Crippen LogP) is 1.39. The molecule has 1 aromatic heterocycles. The van der Waals surface area contributed by atoms with Crippen LogP contribution >= 0.6 is 0 Å². The van der Waals surface area contributed by atoms with Crippen LogP contribution in [-0.2, 0) is 11.3 Å². The van der Waals surface area contributed by atoms with E-state index in [-0.39, 0.29) is 5.69 Å². The number of rotatable bonds is 10. The molecule has 1 aromatic rings. The second kappa shape index (κ2) is 7.50. The van der Waals surface area contributed by atoms with Gasteiger partial charge in [0, 0.05) is 44.7 Å². The Bertz CT molecular complexity index is 421. The van der Waals surface area contributed by atoms with Gasteiger partial charge in [-0.05, 0) is 39.2 Å². The van der Waals surface area contributed by atoms with Gasteiger partial charge in [-0.25, -0.2) is 4.79 Å². The van der Waals surface area contributed by atoms with Gasteiger partial charge in [0.15, 0.2) is 0 Å². The van der Waals surface area contributed by atoms with E-state index >= 15 is 0 Å². The molecule has 5 heteroatoms. The maximum atomic E-state index is 12.0. The van der Waals surface area contributed by atoms with Crippen LogP contribution in [0.15, 0.2) is 17.2 Å². The highest BCUT2D eigenvalue weighted by atomic mass is 16.5. The van der Waals surface area contributed by atoms with E-state index in [1.165, 1.54) is 0 Å². The highest BCUT2D eigenvalue weighted by Crippen LogP contribution is 2.33. The molecule has 1 aliphatic rings. The summed E-state index contributed by atoms with van der Waals surface area (Å²) in [6.07, 6.45) is 8.35. The van der Waals surface area contributed by atoms with Gasteiger partial charge in [0.1, 0.15) is 0 Å². The van der Waals surface area contributed by atoms with Gasteiger partial charge in [0.2, 0.25) is 0 Å². The minimum atomic E-state index is 0.139. The van der Waals surface area contributed by atoms with Crippen molar-refractivity contribution in [3.05, 3.63) is 22.9 Å². The normalized spacial score (nSPS) is 15.0. The second-order valence-electron chi connectivity index (χ2n) is 5.07. The molecule has 0 amide bonds. The zero-order chi connectivity index (χ0) is 13.5. The molecule has 1 aliphatic carbocycles. The molecular weight excluding hydrogens is 242 g/mol. The Morgan fingerprint density at radius 2 is 2.16 bits per heavy atom. The lowest BCUT2D eigenvalue weighted by atomic mass is 10.3. The van der Waals surface area contributed by atoms with Gasteiger partial charge in [-0.3, -0.25) is 9.13 Å². The third-order valence-corrected chi connectivity index (χ3v) is 3.44. The number of nitrogens with one attached hydrogen (secondary N) is 1. The lowest BCUT2D eigenvalue weighted by Gasteiger charge is -2.05. The summed E-state index contributed by atoms with van der Waals surface area (Å²) in [6.45, 7) is 6.26. The molecule has 1 fully saturated rings. The van der Waals surface area contributed by atoms with Gasteiger partial charge in [0.05, 0.1) is 0 Å². The molecule has 0 aromatic carbocycles. The second-order valence-corrected chi connectivity index (χ2v) is 5.07. The summed E-state index contributed by atoms with van der Waals surface area (Å²) in [6, 6.07) is 0.472. The van der Waals surface area contributed by atoms with E-state index in [0.717, 1.165) is 58.5 Å². The monoisotopic (exact) mass is 267 g/mol. The standard InChI is InChI=1S/C14H25N3O2/c1-2-19-12-4-3-7-15-8-9-16-10-11-17(14(16)18)13-5-6-13/h10-11,13,15H,2-9,12H2,1H3. The number of hydrogen-bond donors (Lipinski definition) is 1. The molecule has 5 nitrogen and oxygen atoms in total. The lowest BCUT2D eigenvalue weighted by Crippen LogP contribution is -2.28. The summed E-state index contributed by atoms with van der Waals surface area (Å²) >= 11 is 0. The van der Waals surface area contributed by atoms with Crippen LogP contribution in [0.25, 0.3) is 0 Å². The molecule has 1 saturated carbocycles. The molecule has 1 heterocycles. The molecule has 0 radical (unpaired) electrons. The fraction of sp³-hybridized carbons (Fsp3) is 0.786. The number of imidazole rings is 1. The first-order valence-corrected chi connectivity index (χ1v) is 7.38. The predicted molar refractivity (Wildman–Crippen MR) is 75.6 cm³/mol. The molecule has 0 bridgehead atoms. The third kappa shape index (κ3) is 4.51. The molecule has 0 spiro atoms. The Morgan fingerprint density at radius 3 is 2.89 bits per heavy atom. The minimum Gasteiger partial charge on any atom is -0.382 e. The summed E-state index contributed by atoms with van der Waals surface area (Å²) in [5.41, 5.74) is 0.139. The highest BCUT2D eigenvalue weighted by Gasteiger charge is 2.25. The first-order valence-electron chi connectivity index (χ1n) is 7.38. The molecule has 108 valence electrons. The Morgan fingerprint density at radius 1 is 1.32 bits per heavy atom. The Balaban J connectivity index is 1.57. The molecule has 0 unspecified atom stereocenters. The van der Waals surface area contributed by atoms with Crippen molar-refractivity contribution in [3.8, 4) is 0 Å². The fourth-order valence-electron chi connectivity index (χ4n) is 2.15. The van der Waals surface area contributed by atoms with Gasteiger partial charge in [-0.1, -0.05) is 0 Å². The van der Waals surface area contributed by atoms with Crippen molar-refractivity contribution in [3.63, 3.8) is 0 Å². The van der Waals surface area contributed by atoms with Crippen LogP contribution in [0.2, 0.25) is 0 Å². The first-order chi connectivity index (χ1) is 9.33. The Labute approximate surface area is 114 Å². The minimum absolute atomic E-state index is 0.139. The van der Waals surface area contributed by atoms with Crippen molar-refractivity contribution in [1.29, 1.82) is 0 Å². The van der Waals surface area contributed by atoms with Crippen LogP contribution in [0.3, 0.4) is 0 Å². The molecule has 0 saturated heterocycles. The molecular formula is C14H25N3O2. The molecule has 19 heavy (non-hydrogen) atoms. The topological polar surface area (TPSA) is 48.2 Å². The maximum Gasteiger partial charge on any atom is 0.328 e. The number of hydrogen-bond acceptors (Lipinski definition) is 3. The summed E-state index contributed by atoms with van der Waals surface area (Å²) in [5.74, 6) is 0. The van der Waals surface area contributed by atoms with Crippen molar-refractivity contribution in [2.45, 2.75) is 45.2 Å². The van der Waals surface area contributed by atoms with Crippen LogP contribution < -0.4 is 11.0 Å². The lowest BCUT2D eigenvalue weighted by molar-refractivity contribution is 0.143. The summed E-state index contributed by atoms with van der Waals surface area (Å²) in [5, 5.41) is 3.37. The van der Waals surface area contributed by atoms with Gasteiger partial charge in [0.25, 0.3) is 0 Å². The zero-order valence-electron chi connectivity index (χ0n) is 11.8. The summed E-state index contributed by atoms with van der Waals surface area (Å²) < 4.78 is 8.94. The van der Waals surface area contributed by atoms with E-state index in [2.05, 4.69) is 5.32 Å². The average molecular weight is 267 g/mol. The van der Waals surface area contributed by atoms with E-state index < -0.39 is 0 Å². The van der Waals surface area contributed by atoms with Crippen molar-refractivity contribution < 1.29 is 4.74 Å². The van der Waals surface area contributed by atoms with Crippen LogP contribution in [-0.4, -0.2) is 35.4 Å². The number of nitrogens with zero attached hydrogens (tertiary/aromatic N) is 2. The van der Waals surface area contributed by atoms with Crippen LogP contribution in [0.1, 0.15) is 38.6 Å². The molecule has 2 rings (SSSR count). The van der Waals surface area contributed by atoms with E-state index in [1.54, 1.807) is 4.57 Å². The number of ether oxygens (including phenoxy) is 1. The van der Waals surface area contributed by atoms with Crippen LogP contribution in [0.5, 0.6) is 0 Å². The van der Waals surface area contributed by atoms with E-state index in [4.69, 9.17) is 4.74 Å². The van der Waals surface area contributed by atoms with Crippen LogP contribution in [0.4, 0.5) is 0 Å². The molecule has 0 aliphatic heterocycles. The quantitative estimate of drug-likeness (QED) is 0.652. The van der Waals surface area contributed by atoms with Crippen LogP contribution in [0, 0.1) is 0 Å². The summed E-state index contributed by atoms with van der Waals surface area (Å²) in [7, 11) is 0. The van der Waals surface area contributed by atoms with Crippen molar-refractivity contribution in [2.24, 2.45) is 0 Å². The van der Waals surface area contributed by atoms with Crippen molar-refractivity contribution in [1.82, 2.24) is 14.5 Å². The smallest absolute Gasteiger partial charge is 0.328 e. The fourth-order valence-corrected chi connectivity index (χ4v) is 2.15. The Kier molecular flexibility index (Phi) is 5.66. The average Bonchev–Trinajstić information content (AvgIpc) is 3.18. The molecule has 1 N–H and O–H groups in total. The number of unbranched alkanes of at least 4 members (excludes halogenated alkanes) is 1. The van der Waals surface area contributed by atoms with Gasteiger partial charge in [-0.2, -0.15) is 0 Å². The van der Waals surface area contributed by atoms with Crippen molar-refractivity contribution >= 4 is 0 Å².